The van der Waals surface area contributed by atoms with E-state index in [4.69, 9.17) is 9.72 Å². The van der Waals surface area contributed by atoms with Crippen LogP contribution in [0.25, 0.3) is 22.4 Å². The van der Waals surface area contributed by atoms with E-state index in [-0.39, 0.29) is 23.8 Å². The van der Waals surface area contributed by atoms with Crippen LogP contribution in [0.3, 0.4) is 0 Å². The van der Waals surface area contributed by atoms with E-state index in [2.05, 4.69) is 22.8 Å². The average molecular weight is 627 g/mol. The van der Waals surface area contributed by atoms with E-state index in [1.165, 1.54) is 4.90 Å². The number of amides is 3. The van der Waals surface area contributed by atoms with Gasteiger partial charge in [0, 0.05) is 30.1 Å². The molecule has 1 atom stereocenters. The van der Waals surface area contributed by atoms with Gasteiger partial charge in [-0.25, -0.2) is 9.59 Å². The van der Waals surface area contributed by atoms with Gasteiger partial charge in [0.1, 0.15) is 5.60 Å². The Morgan fingerprint density at radius 2 is 1.63 bits per heavy atom. The SMILES string of the molecule is CC(C(=O)Nc1cnc(-c2ccc(C3(NC(=O)OC(C)(C)C)CCC3)cc2)c(-c2ccccc2)c1)[C@H]1CC[C@H](N(C)C(=O)O)CC1. The molecular formula is C37H46N4O5. The monoisotopic (exact) mass is 626 g/mol. The molecule has 5 rings (SSSR count). The molecule has 2 saturated carbocycles. The Labute approximate surface area is 271 Å². The van der Waals surface area contributed by atoms with Crippen LogP contribution in [0.2, 0.25) is 0 Å². The van der Waals surface area contributed by atoms with Gasteiger partial charge in [-0.05, 0) is 88.8 Å². The number of alkyl carbamates (subject to hydrolysis) is 1. The molecule has 2 fully saturated rings. The van der Waals surface area contributed by atoms with E-state index < -0.39 is 23.3 Å². The highest BCUT2D eigenvalue weighted by Crippen LogP contribution is 2.42. The van der Waals surface area contributed by atoms with Crippen molar-refractivity contribution in [3.63, 3.8) is 0 Å². The molecule has 0 radical (unpaired) electrons. The molecule has 0 aliphatic heterocycles. The molecule has 1 unspecified atom stereocenters. The number of ether oxygens (including phenoxy) is 1. The number of aromatic nitrogens is 1. The zero-order valence-electron chi connectivity index (χ0n) is 27.5. The van der Waals surface area contributed by atoms with Crippen molar-refractivity contribution in [1.29, 1.82) is 0 Å². The van der Waals surface area contributed by atoms with E-state index in [9.17, 15) is 19.5 Å². The average Bonchev–Trinajstić information content (AvgIpc) is 3.02. The third-order valence-electron chi connectivity index (χ3n) is 9.61. The van der Waals surface area contributed by atoms with E-state index in [0.717, 1.165) is 72.9 Å². The number of hydrogen-bond acceptors (Lipinski definition) is 5. The van der Waals surface area contributed by atoms with Crippen LogP contribution in [0, 0.1) is 11.8 Å². The van der Waals surface area contributed by atoms with Crippen molar-refractivity contribution in [3.8, 4) is 22.4 Å². The summed E-state index contributed by atoms with van der Waals surface area (Å²) in [7, 11) is 1.62. The maximum atomic E-state index is 13.4. The molecule has 9 heteroatoms. The predicted molar refractivity (Wildman–Crippen MR) is 179 cm³/mol. The first-order valence-electron chi connectivity index (χ1n) is 16.3. The minimum atomic E-state index is -0.909. The van der Waals surface area contributed by atoms with Crippen molar-refractivity contribution in [2.45, 2.75) is 89.8 Å². The third kappa shape index (κ3) is 7.52. The first-order chi connectivity index (χ1) is 21.8. The minimum absolute atomic E-state index is 0.00347. The first kappa shape index (κ1) is 33.0. The summed E-state index contributed by atoms with van der Waals surface area (Å²) >= 11 is 0. The second-order valence-electron chi connectivity index (χ2n) is 13.9. The molecule has 3 amide bonds. The number of hydrogen-bond donors (Lipinski definition) is 3. The van der Waals surface area contributed by atoms with E-state index in [0.29, 0.717) is 5.69 Å². The first-order valence-corrected chi connectivity index (χ1v) is 16.3. The van der Waals surface area contributed by atoms with Crippen molar-refractivity contribution in [3.05, 3.63) is 72.4 Å². The fourth-order valence-corrected chi connectivity index (χ4v) is 6.68. The topological polar surface area (TPSA) is 121 Å². The standard InChI is InChI=1S/C37H46N4O5/c1-24(25-14-18-30(19-15-25)41(5)35(44)45)33(42)39-29-22-31(26-10-7-6-8-11-26)32(38-23-29)27-12-16-28(17-13-27)37(20-9-21-37)40-34(43)46-36(2,3)4/h6-8,10-13,16-17,22-25,30H,9,14-15,18-21H2,1-5H3,(H,39,42)(H,40,43)(H,44,45)/t24?,25-,30-. The Morgan fingerprint density at radius 1 is 0.978 bits per heavy atom. The quantitative estimate of drug-likeness (QED) is 0.233. The molecule has 0 saturated heterocycles. The summed E-state index contributed by atoms with van der Waals surface area (Å²) in [5.41, 5.74) is 4.29. The molecule has 0 spiro atoms. The van der Waals surface area contributed by atoms with Crippen molar-refractivity contribution in [2.24, 2.45) is 11.8 Å². The summed E-state index contributed by atoms with van der Waals surface area (Å²) in [6.45, 7) is 7.54. The summed E-state index contributed by atoms with van der Waals surface area (Å²) in [6, 6.07) is 20.2. The van der Waals surface area contributed by atoms with Crippen LogP contribution in [0.4, 0.5) is 15.3 Å². The van der Waals surface area contributed by atoms with Gasteiger partial charge in [0.05, 0.1) is 23.1 Å². The largest absolute Gasteiger partial charge is 0.465 e. The maximum Gasteiger partial charge on any atom is 0.408 e. The van der Waals surface area contributed by atoms with Crippen molar-refractivity contribution < 1.29 is 24.2 Å². The second kappa shape index (κ2) is 13.5. The van der Waals surface area contributed by atoms with Crippen LogP contribution in [-0.2, 0) is 15.1 Å². The van der Waals surface area contributed by atoms with Gasteiger partial charge >= 0.3 is 12.2 Å². The predicted octanol–water partition coefficient (Wildman–Crippen LogP) is 8.06. The van der Waals surface area contributed by atoms with Crippen LogP contribution >= 0.6 is 0 Å². The number of carbonyl (C=O) groups excluding carboxylic acids is 2. The summed E-state index contributed by atoms with van der Waals surface area (Å²) in [5, 5.41) is 15.5. The number of anilines is 1. The van der Waals surface area contributed by atoms with Crippen molar-refractivity contribution in [2.75, 3.05) is 12.4 Å². The molecule has 2 aliphatic rings. The fraction of sp³-hybridized carbons (Fsp3) is 0.459. The van der Waals surface area contributed by atoms with Crippen LogP contribution in [0.1, 0.15) is 78.2 Å². The van der Waals surface area contributed by atoms with Gasteiger partial charge in [0.25, 0.3) is 0 Å². The van der Waals surface area contributed by atoms with Gasteiger partial charge in [0.15, 0.2) is 0 Å². The molecule has 2 aromatic carbocycles. The van der Waals surface area contributed by atoms with Crippen LogP contribution < -0.4 is 10.6 Å². The van der Waals surface area contributed by atoms with Gasteiger partial charge < -0.3 is 25.4 Å². The zero-order chi connectivity index (χ0) is 33.1. The molecule has 3 aromatic rings. The number of nitrogens with one attached hydrogen (secondary N) is 2. The maximum absolute atomic E-state index is 13.4. The second-order valence-corrected chi connectivity index (χ2v) is 13.9. The van der Waals surface area contributed by atoms with Gasteiger partial charge in [-0.2, -0.15) is 0 Å². The molecule has 244 valence electrons. The fourth-order valence-electron chi connectivity index (χ4n) is 6.68. The van der Waals surface area contributed by atoms with E-state index >= 15 is 0 Å². The summed E-state index contributed by atoms with van der Waals surface area (Å²) < 4.78 is 5.55. The highest BCUT2D eigenvalue weighted by atomic mass is 16.6. The number of pyridine rings is 1. The number of nitrogens with zero attached hydrogens (tertiary/aromatic N) is 2. The zero-order valence-corrected chi connectivity index (χ0v) is 27.5. The van der Waals surface area contributed by atoms with Gasteiger partial charge in [-0.1, -0.05) is 61.5 Å². The van der Waals surface area contributed by atoms with Crippen molar-refractivity contribution in [1.82, 2.24) is 15.2 Å². The van der Waals surface area contributed by atoms with Crippen LogP contribution in [0.5, 0.6) is 0 Å². The lowest BCUT2D eigenvalue weighted by Gasteiger charge is -2.43. The third-order valence-corrected chi connectivity index (χ3v) is 9.61. The summed E-state index contributed by atoms with van der Waals surface area (Å²) in [6.07, 6.45) is 6.28. The number of rotatable bonds is 8. The number of carboxylic acid groups (broad SMARTS) is 1. The Hall–Kier alpha value is -4.40. The van der Waals surface area contributed by atoms with Gasteiger partial charge in [-0.3, -0.25) is 9.78 Å². The Kier molecular flexibility index (Phi) is 9.70. The smallest absolute Gasteiger partial charge is 0.408 e. The van der Waals surface area contributed by atoms with Gasteiger partial charge in [0.2, 0.25) is 5.91 Å². The lowest BCUT2D eigenvalue weighted by molar-refractivity contribution is -0.121. The molecule has 46 heavy (non-hydrogen) atoms. The highest BCUT2D eigenvalue weighted by molar-refractivity contribution is 5.94. The van der Waals surface area contributed by atoms with E-state index in [1.807, 2.05) is 76.2 Å². The Bertz CT molecular complexity index is 1540. The Morgan fingerprint density at radius 3 is 2.20 bits per heavy atom. The Balaban J connectivity index is 1.33. The molecule has 1 aromatic heterocycles. The molecule has 1 heterocycles. The molecule has 2 aliphatic carbocycles. The lowest BCUT2D eigenvalue weighted by Crippen LogP contribution is -2.52. The summed E-state index contributed by atoms with van der Waals surface area (Å²) in [5.74, 6) is -0.0746. The minimum Gasteiger partial charge on any atom is -0.465 e. The molecule has 3 N–H and O–H groups in total. The lowest BCUT2D eigenvalue weighted by atomic mass is 9.71. The van der Waals surface area contributed by atoms with Crippen LogP contribution in [0.15, 0.2) is 66.9 Å². The number of carbonyl (C=O) groups is 3. The van der Waals surface area contributed by atoms with Crippen LogP contribution in [-0.4, -0.2) is 51.8 Å². The van der Waals surface area contributed by atoms with Crippen molar-refractivity contribution >= 4 is 23.8 Å². The molecular weight excluding hydrogens is 580 g/mol. The van der Waals surface area contributed by atoms with E-state index in [1.54, 1.807) is 13.2 Å². The van der Waals surface area contributed by atoms with Gasteiger partial charge in [-0.15, -0.1) is 0 Å². The molecule has 0 bridgehead atoms. The normalized spacial score (nSPS) is 19.7. The summed E-state index contributed by atoms with van der Waals surface area (Å²) in [4.78, 5) is 43.6. The number of benzene rings is 2. The molecule has 9 nitrogen and oxygen atoms in total. The highest BCUT2D eigenvalue weighted by Gasteiger charge is 2.41.